The Morgan fingerprint density at radius 2 is 2.18 bits per heavy atom. The second-order valence-corrected chi connectivity index (χ2v) is 6.80. The number of ether oxygens (including phenoxy) is 1. The number of furan rings is 1. The fourth-order valence-corrected chi connectivity index (χ4v) is 3.20. The van der Waals surface area contributed by atoms with Gasteiger partial charge in [-0.2, -0.15) is 5.10 Å². The summed E-state index contributed by atoms with van der Waals surface area (Å²) < 4.78 is 14.2. The number of fused-ring (bicyclic) bond motifs is 1. The van der Waals surface area contributed by atoms with Gasteiger partial charge in [0.2, 0.25) is 0 Å². The molecule has 2 N–H and O–H groups in total. The minimum Gasteiger partial charge on any atom is -0.467 e. The van der Waals surface area contributed by atoms with Crippen molar-refractivity contribution in [1.82, 2.24) is 25.0 Å². The molecule has 28 heavy (non-hydrogen) atoms. The second kappa shape index (κ2) is 10.7. The maximum absolute atomic E-state index is 12.3. The third kappa shape index (κ3) is 5.72. The van der Waals surface area contributed by atoms with Crippen molar-refractivity contribution in [2.45, 2.75) is 51.8 Å². The molecule has 0 spiro atoms. The van der Waals surface area contributed by atoms with Crippen molar-refractivity contribution < 1.29 is 9.15 Å². The minimum atomic E-state index is 0.0201. The van der Waals surface area contributed by atoms with Crippen LogP contribution >= 0.6 is 0 Å². The van der Waals surface area contributed by atoms with Gasteiger partial charge in [0.25, 0.3) is 0 Å². The lowest BCUT2D eigenvalue weighted by molar-refractivity contribution is 0.105. The molecule has 0 aliphatic carbocycles. The summed E-state index contributed by atoms with van der Waals surface area (Å²) in [4.78, 5) is 16.5. The van der Waals surface area contributed by atoms with Crippen LogP contribution in [0.1, 0.15) is 37.3 Å². The third-order valence-corrected chi connectivity index (χ3v) is 4.68. The lowest BCUT2D eigenvalue weighted by atomic mass is 10.2. The van der Waals surface area contributed by atoms with E-state index in [0.717, 1.165) is 69.3 Å². The molecule has 0 fully saturated rings. The number of nitrogens with zero attached hydrogens (tertiary/aromatic N) is 4. The highest BCUT2D eigenvalue weighted by Crippen LogP contribution is 2.09. The number of hydrogen-bond acceptors (Lipinski definition) is 5. The average molecular weight is 390 g/mol. The Morgan fingerprint density at radius 3 is 2.93 bits per heavy atom. The normalized spacial score (nSPS) is 14.1. The van der Waals surface area contributed by atoms with Gasteiger partial charge in [-0.05, 0) is 37.8 Å². The van der Waals surface area contributed by atoms with Gasteiger partial charge < -0.3 is 19.8 Å². The number of aryl methyl sites for hydroxylation is 2. The van der Waals surface area contributed by atoms with Crippen LogP contribution in [0.5, 0.6) is 0 Å². The molecule has 0 atom stereocenters. The second-order valence-electron chi connectivity index (χ2n) is 6.80. The van der Waals surface area contributed by atoms with Crippen molar-refractivity contribution in [3.8, 4) is 0 Å². The van der Waals surface area contributed by atoms with Gasteiger partial charge in [0, 0.05) is 46.3 Å². The highest BCUT2D eigenvalue weighted by atomic mass is 16.5. The van der Waals surface area contributed by atoms with Crippen LogP contribution in [0.15, 0.2) is 32.6 Å². The minimum absolute atomic E-state index is 0.0201. The van der Waals surface area contributed by atoms with E-state index in [-0.39, 0.29) is 5.69 Å². The molecule has 3 rings (SSSR count). The van der Waals surface area contributed by atoms with Crippen molar-refractivity contribution in [2.24, 2.45) is 4.99 Å². The van der Waals surface area contributed by atoms with Crippen LogP contribution in [0.4, 0.5) is 0 Å². The molecule has 0 unspecified atom stereocenters. The molecule has 154 valence electrons. The molecule has 9 heteroatoms. The number of aromatic nitrogens is 3. The van der Waals surface area contributed by atoms with Gasteiger partial charge in [0.05, 0.1) is 6.26 Å². The summed E-state index contributed by atoms with van der Waals surface area (Å²) in [7, 11) is 1.75. The van der Waals surface area contributed by atoms with E-state index >= 15 is 0 Å². The highest BCUT2D eigenvalue weighted by Gasteiger charge is 2.16. The van der Waals surface area contributed by atoms with Crippen LogP contribution < -0.4 is 16.3 Å². The van der Waals surface area contributed by atoms with Crippen LogP contribution in [0, 0.1) is 0 Å². The number of aliphatic imine (C=N–C) groups is 1. The van der Waals surface area contributed by atoms with Crippen LogP contribution in [0.2, 0.25) is 0 Å². The Labute approximate surface area is 164 Å². The fourth-order valence-electron chi connectivity index (χ4n) is 3.20. The number of rotatable bonds is 10. The van der Waals surface area contributed by atoms with Crippen LogP contribution in [-0.4, -0.2) is 47.1 Å². The summed E-state index contributed by atoms with van der Waals surface area (Å²) in [5.41, 5.74) is 0.0201. The van der Waals surface area contributed by atoms with Gasteiger partial charge in [-0.25, -0.2) is 9.48 Å². The van der Waals surface area contributed by atoms with E-state index < -0.39 is 0 Å². The highest BCUT2D eigenvalue weighted by molar-refractivity contribution is 5.79. The Bertz CT molecular complexity index is 793. The zero-order valence-corrected chi connectivity index (χ0v) is 16.5. The first-order chi connectivity index (χ1) is 13.8. The first kappa shape index (κ1) is 20.2. The van der Waals surface area contributed by atoms with Gasteiger partial charge in [0.15, 0.2) is 5.96 Å². The van der Waals surface area contributed by atoms with E-state index in [2.05, 4.69) is 20.7 Å². The standard InChI is InChI=1S/C19H30N6O3/c1-20-18(22-10-6-13-27-15-16-7-4-14-28-16)21-9-5-12-25-19(26)24-11-3-2-8-17(24)23-25/h4,7,14H,2-3,5-6,8-13,15H2,1H3,(H2,20,21,22). The predicted octanol–water partition coefficient (Wildman–Crippen LogP) is 1.14. The molecule has 0 saturated heterocycles. The van der Waals surface area contributed by atoms with Gasteiger partial charge in [0.1, 0.15) is 18.2 Å². The monoisotopic (exact) mass is 390 g/mol. The summed E-state index contributed by atoms with van der Waals surface area (Å²) >= 11 is 0. The smallest absolute Gasteiger partial charge is 0.345 e. The van der Waals surface area contributed by atoms with Crippen molar-refractivity contribution >= 4 is 5.96 Å². The predicted molar refractivity (Wildman–Crippen MR) is 106 cm³/mol. The average Bonchev–Trinajstić information content (AvgIpc) is 3.34. The van der Waals surface area contributed by atoms with Gasteiger partial charge in [-0.3, -0.25) is 9.56 Å². The van der Waals surface area contributed by atoms with Crippen LogP contribution in [0.25, 0.3) is 0 Å². The van der Waals surface area contributed by atoms with E-state index in [9.17, 15) is 4.79 Å². The van der Waals surface area contributed by atoms with E-state index in [1.165, 1.54) is 0 Å². The van der Waals surface area contributed by atoms with Crippen molar-refractivity contribution in [3.05, 3.63) is 40.5 Å². The molecular weight excluding hydrogens is 360 g/mol. The van der Waals surface area contributed by atoms with Crippen LogP contribution in [0.3, 0.4) is 0 Å². The van der Waals surface area contributed by atoms with Crippen LogP contribution in [-0.2, 0) is 30.9 Å². The summed E-state index contributed by atoms with van der Waals surface area (Å²) in [5, 5.41) is 11.0. The molecule has 1 aliphatic heterocycles. The molecule has 0 aromatic carbocycles. The molecule has 2 aromatic heterocycles. The summed E-state index contributed by atoms with van der Waals surface area (Å²) in [6.07, 6.45) is 6.42. The first-order valence-corrected chi connectivity index (χ1v) is 9.99. The Kier molecular flexibility index (Phi) is 7.71. The SMILES string of the molecule is CN=C(NCCCOCc1ccco1)NCCCn1nc2n(c1=O)CCCC2. The molecule has 0 radical (unpaired) electrons. The number of hydrogen-bond donors (Lipinski definition) is 2. The Morgan fingerprint density at radius 1 is 1.32 bits per heavy atom. The topological polar surface area (TPSA) is 98.6 Å². The Balaban J connectivity index is 1.27. The van der Waals surface area contributed by atoms with E-state index in [1.54, 1.807) is 18.0 Å². The lowest BCUT2D eigenvalue weighted by Crippen LogP contribution is -2.39. The van der Waals surface area contributed by atoms with Gasteiger partial charge in [-0.1, -0.05) is 0 Å². The largest absolute Gasteiger partial charge is 0.467 e. The number of nitrogens with one attached hydrogen (secondary N) is 2. The first-order valence-electron chi connectivity index (χ1n) is 9.99. The van der Waals surface area contributed by atoms with Gasteiger partial charge in [-0.15, -0.1) is 0 Å². The Hall–Kier alpha value is -2.55. The van der Waals surface area contributed by atoms with E-state index in [4.69, 9.17) is 9.15 Å². The zero-order valence-electron chi connectivity index (χ0n) is 16.5. The molecule has 2 aromatic rings. The molecular formula is C19H30N6O3. The quantitative estimate of drug-likeness (QED) is 0.359. The molecule has 0 amide bonds. The summed E-state index contributed by atoms with van der Waals surface area (Å²) in [6, 6.07) is 3.75. The third-order valence-electron chi connectivity index (χ3n) is 4.68. The summed E-state index contributed by atoms with van der Waals surface area (Å²) in [5.74, 6) is 2.52. The molecule has 9 nitrogen and oxygen atoms in total. The molecule has 3 heterocycles. The van der Waals surface area contributed by atoms with Crippen molar-refractivity contribution in [2.75, 3.05) is 26.7 Å². The van der Waals surface area contributed by atoms with Crippen molar-refractivity contribution in [3.63, 3.8) is 0 Å². The lowest BCUT2D eigenvalue weighted by Gasteiger charge is -2.11. The van der Waals surface area contributed by atoms with E-state index in [0.29, 0.717) is 19.8 Å². The molecule has 1 aliphatic rings. The van der Waals surface area contributed by atoms with Gasteiger partial charge >= 0.3 is 5.69 Å². The van der Waals surface area contributed by atoms with Crippen molar-refractivity contribution in [1.29, 1.82) is 0 Å². The number of guanidine groups is 1. The maximum Gasteiger partial charge on any atom is 0.345 e. The van der Waals surface area contributed by atoms with E-state index in [1.807, 2.05) is 16.7 Å². The molecule has 0 bridgehead atoms. The fraction of sp³-hybridized carbons (Fsp3) is 0.632. The zero-order chi connectivity index (χ0) is 19.6. The summed E-state index contributed by atoms with van der Waals surface area (Å²) in [6.45, 7) is 4.06. The maximum atomic E-state index is 12.3. The molecule has 0 saturated carbocycles.